The Hall–Kier alpha value is -1.14. The van der Waals surface area contributed by atoms with Gasteiger partial charge in [-0.3, -0.25) is 9.59 Å². The summed E-state index contributed by atoms with van der Waals surface area (Å²) in [4.78, 5) is 25.8. The number of carbonyl (C=O) groups is 2. The zero-order chi connectivity index (χ0) is 16.8. The Morgan fingerprint density at radius 3 is 2.26 bits per heavy atom. The van der Waals surface area contributed by atoms with Gasteiger partial charge in [0, 0.05) is 13.1 Å². The van der Waals surface area contributed by atoms with E-state index in [2.05, 4.69) is 5.32 Å². The van der Waals surface area contributed by atoms with Gasteiger partial charge in [-0.2, -0.15) is 0 Å². The Morgan fingerprint density at radius 2 is 1.70 bits per heavy atom. The van der Waals surface area contributed by atoms with Crippen LogP contribution in [0.1, 0.15) is 52.4 Å². The van der Waals surface area contributed by atoms with Crippen molar-refractivity contribution in [1.82, 2.24) is 10.2 Å². The Kier molecular flexibility index (Phi) is 6.84. The number of carbonyl (C=O) groups excluding carboxylic acids is 2. The van der Waals surface area contributed by atoms with Gasteiger partial charge >= 0.3 is 0 Å². The summed E-state index contributed by atoms with van der Waals surface area (Å²) >= 11 is 0. The van der Waals surface area contributed by atoms with Gasteiger partial charge < -0.3 is 20.7 Å². The van der Waals surface area contributed by atoms with Crippen LogP contribution < -0.4 is 11.1 Å². The Morgan fingerprint density at radius 1 is 1.13 bits per heavy atom. The molecule has 0 aromatic rings. The number of likely N-dealkylation sites (tertiary alicyclic amines) is 1. The van der Waals surface area contributed by atoms with E-state index in [1.54, 1.807) is 0 Å². The zero-order valence-corrected chi connectivity index (χ0v) is 14.4. The second-order valence-corrected chi connectivity index (χ2v) is 7.11. The molecule has 0 aromatic carbocycles. The molecule has 2 rings (SSSR count). The Labute approximate surface area is 139 Å². The topological polar surface area (TPSA) is 84.7 Å². The van der Waals surface area contributed by atoms with Crippen LogP contribution in [0.2, 0.25) is 0 Å². The minimum atomic E-state index is -0.562. The van der Waals surface area contributed by atoms with Crippen LogP contribution in [-0.4, -0.2) is 54.6 Å². The maximum absolute atomic E-state index is 12.2. The summed E-state index contributed by atoms with van der Waals surface area (Å²) in [6.45, 7) is 5.24. The molecule has 0 spiro atoms. The first-order valence-electron chi connectivity index (χ1n) is 8.94. The maximum Gasteiger partial charge on any atom is 0.241 e. The number of nitrogens with two attached hydrogens (primary N) is 1. The third-order valence-electron chi connectivity index (χ3n) is 4.92. The molecule has 6 nitrogen and oxygen atoms in total. The van der Waals surface area contributed by atoms with Crippen LogP contribution in [-0.2, 0) is 14.3 Å². The first-order chi connectivity index (χ1) is 11.0. The number of hydrogen-bond acceptors (Lipinski definition) is 4. The van der Waals surface area contributed by atoms with E-state index in [1.807, 2.05) is 18.7 Å². The lowest BCUT2D eigenvalue weighted by molar-refractivity contribution is -0.136. The molecule has 132 valence electrons. The number of nitrogens with zero attached hydrogens (tertiary/aromatic N) is 1. The molecule has 6 heteroatoms. The van der Waals surface area contributed by atoms with Gasteiger partial charge in [-0.1, -0.05) is 26.7 Å². The van der Waals surface area contributed by atoms with Crippen molar-refractivity contribution in [3.63, 3.8) is 0 Å². The van der Waals surface area contributed by atoms with Crippen molar-refractivity contribution in [2.45, 2.75) is 70.6 Å². The van der Waals surface area contributed by atoms with Crippen LogP contribution in [0.15, 0.2) is 0 Å². The van der Waals surface area contributed by atoms with E-state index >= 15 is 0 Å². The molecule has 2 fully saturated rings. The minimum Gasteiger partial charge on any atom is -0.375 e. The van der Waals surface area contributed by atoms with Gasteiger partial charge in [-0.15, -0.1) is 0 Å². The highest BCUT2D eigenvalue weighted by molar-refractivity contribution is 5.87. The third kappa shape index (κ3) is 5.46. The quantitative estimate of drug-likeness (QED) is 0.764. The zero-order valence-electron chi connectivity index (χ0n) is 14.4. The number of piperidine rings is 1. The van der Waals surface area contributed by atoms with E-state index in [0.29, 0.717) is 19.2 Å². The van der Waals surface area contributed by atoms with Gasteiger partial charge in [-0.25, -0.2) is 0 Å². The average Bonchev–Trinajstić information content (AvgIpc) is 3.05. The highest BCUT2D eigenvalue weighted by atomic mass is 16.5. The fourth-order valence-electron chi connectivity index (χ4n) is 3.23. The molecule has 0 aromatic heterocycles. The molecular weight excluding hydrogens is 294 g/mol. The second kappa shape index (κ2) is 8.64. The lowest BCUT2D eigenvalue weighted by Gasteiger charge is -2.33. The molecular formula is C17H31N3O3. The normalized spacial score (nSPS) is 21.7. The van der Waals surface area contributed by atoms with Crippen LogP contribution >= 0.6 is 0 Å². The van der Waals surface area contributed by atoms with Crippen LogP contribution in [0.4, 0.5) is 0 Å². The number of ether oxygens (including phenoxy) is 1. The van der Waals surface area contributed by atoms with E-state index in [1.165, 1.54) is 25.7 Å². The number of hydrogen-bond donors (Lipinski definition) is 2. The molecule has 0 bridgehead atoms. The summed E-state index contributed by atoms with van der Waals surface area (Å²) in [5, 5.41) is 2.64. The lowest BCUT2D eigenvalue weighted by atomic mass is 10.1. The Bertz CT molecular complexity index is 400. The second-order valence-electron chi connectivity index (χ2n) is 7.11. The summed E-state index contributed by atoms with van der Waals surface area (Å²) in [5.74, 6) is -0.227. The van der Waals surface area contributed by atoms with E-state index in [4.69, 9.17) is 10.5 Å². The van der Waals surface area contributed by atoms with Crippen molar-refractivity contribution in [1.29, 1.82) is 0 Å². The molecule has 2 amide bonds. The first kappa shape index (κ1) is 18.2. The lowest BCUT2D eigenvalue weighted by Crippen LogP contribution is -2.49. The van der Waals surface area contributed by atoms with E-state index in [0.717, 1.165) is 12.8 Å². The predicted octanol–water partition coefficient (Wildman–Crippen LogP) is 1.04. The molecule has 23 heavy (non-hydrogen) atoms. The van der Waals surface area contributed by atoms with Crippen molar-refractivity contribution >= 4 is 11.8 Å². The summed E-state index contributed by atoms with van der Waals surface area (Å²) in [5.41, 5.74) is 5.77. The van der Waals surface area contributed by atoms with Gasteiger partial charge in [0.2, 0.25) is 11.8 Å². The van der Waals surface area contributed by atoms with Crippen molar-refractivity contribution in [2.75, 3.05) is 19.6 Å². The maximum atomic E-state index is 12.2. The predicted molar refractivity (Wildman–Crippen MR) is 88.8 cm³/mol. The van der Waals surface area contributed by atoms with E-state index in [-0.39, 0.29) is 30.4 Å². The largest absolute Gasteiger partial charge is 0.375 e. The van der Waals surface area contributed by atoms with Crippen LogP contribution in [0, 0.1) is 5.92 Å². The Balaban J connectivity index is 1.66. The van der Waals surface area contributed by atoms with Gasteiger partial charge in [0.1, 0.15) is 0 Å². The SMILES string of the molecule is CC(C)[C@H](N)C(=O)NCC(=O)N1CCC(OC2CCCC2)CC1. The fraction of sp³-hybridized carbons (Fsp3) is 0.882. The molecule has 2 aliphatic rings. The molecule has 1 aliphatic heterocycles. The third-order valence-corrected chi connectivity index (χ3v) is 4.92. The molecule has 3 N–H and O–H groups in total. The van der Waals surface area contributed by atoms with Gasteiger partial charge in [0.25, 0.3) is 0 Å². The van der Waals surface area contributed by atoms with Crippen molar-refractivity contribution in [2.24, 2.45) is 11.7 Å². The monoisotopic (exact) mass is 325 g/mol. The molecule has 1 heterocycles. The minimum absolute atomic E-state index is 0.0337. The summed E-state index contributed by atoms with van der Waals surface area (Å²) in [6, 6.07) is -0.562. The van der Waals surface area contributed by atoms with Crippen molar-refractivity contribution in [3.05, 3.63) is 0 Å². The van der Waals surface area contributed by atoms with Gasteiger partial charge in [0.05, 0.1) is 24.8 Å². The van der Waals surface area contributed by atoms with E-state index < -0.39 is 6.04 Å². The molecule has 0 radical (unpaired) electrons. The standard InChI is InChI=1S/C17H31N3O3/c1-12(2)16(18)17(22)19-11-15(21)20-9-7-14(8-10-20)23-13-5-3-4-6-13/h12-14,16H,3-11,18H2,1-2H3,(H,19,22)/t16-/m0/s1. The van der Waals surface area contributed by atoms with Crippen LogP contribution in [0.3, 0.4) is 0 Å². The molecule has 0 unspecified atom stereocenters. The smallest absolute Gasteiger partial charge is 0.241 e. The molecule has 1 aliphatic carbocycles. The molecule has 1 saturated carbocycles. The number of rotatable bonds is 6. The summed E-state index contributed by atoms with van der Waals surface area (Å²) < 4.78 is 6.11. The highest BCUT2D eigenvalue weighted by Crippen LogP contribution is 2.25. The first-order valence-corrected chi connectivity index (χ1v) is 8.94. The molecule has 1 saturated heterocycles. The van der Waals surface area contributed by atoms with Crippen molar-refractivity contribution in [3.8, 4) is 0 Å². The van der Waals surface area contributed by atoms with Crippen LogP contribution in [0.5, 0.6) is 0 Å². The molecule has 1 atom stereocenters. The highest BCUT2D eigenvalue weighted by Gasteiger charge is 2.27. The van der Waals surface area contributed by atoms with E-state index in [9.17, 15) is 9.59 Å². The summed E-state index contributed by atoms with van der Waals surface area (Å²) in [7, 11) is 0. The average molecular weight is 325 g/mol. The van der Waals surface area contributed by atoms with Crippen LogP contribution in [0.25, 0.3) is 0 Å². The summed E-state index contributed by atoms with van der Waals surface area (Å²) in [6.07, 6.45) is 7.41. The van der Waals surface area contributed by atoms with Crippen molar-refractivity contribution < 1.29 is 14.3 Å². The van der Waals surface area contributed by atoms with Gasteiger partial charge in [-0.05, 0) is 31.6 Å². The number of nitrogens with one attached hydrogen (secondary N) is 1. The van der Waals surface area contributed by atoms with Gasteiger partial charge in [0.15, 0.2) is 0 Å². The fourth-order valence-corrected chi connectivity index (χ4v) is 3.23. The number of amides is 2.